The fourth-order valence-electron chi connectivity index (χ4n) is 7.20. The van der Waals surface area contributed by atoms with Gasteiger partial charge in [0, 0.05) is 56.6 Å². The van der Waals surface area contributed by atoms with Crippen LogP contribution in [0.25, 0.3) is 0 Å². The Morgan fingerprint density at radius 1 is 1.23 bits per heavy atom. The molecule has 212 valence electrons. The first-order valence-electron chi connectivity index (χ1n) is 14.4. The Bertz CT molecular complexity index is 1170. The molecule has 1 N–H and O–H groups in total. The monoisotopic (exact) mass is 553 g/mol. The lowest BCUT2D eigenvalue weighted by Crippen LogP contribution is -2.58. The van der Waals surface area contributed by atoms with E-state index < -0.39 is 5.41 Å². The van der Waals surface area contributed by atoms with Crippen molar-refractivity contribution < 1.29 is 14.3 Å². The number of nitrogens with one attached hydrogen (secondary N) is 1. The standard InChI is InChI=1S/C30H43N5O3S/c1-6-20(7-2)25-15-22(21-11-9-8-10-12-21)13-14-35(25)27(36)23-16-31-18-30(23)19-34(29(37)38-5)17-24-26(30)39-28(32-24)33(3)4/h8-12,20,22-23,25,31H,6-7,13-19H2,1-5H3/t22-,23+,25+,30+/m1/s1. The number of ether oxygens (including phenoxy) is 1. The first kappa shape index (κ1) is 27.9. The third kappa shape index (κ3) is 5.04. The number of rotatable bonds is 6. The predicted octanol–water partition coefficient (Wildman–Crippen LogP) is 4.46. The summed E-state index contributed by atoms with van der Waals surface area (Å²) in [6.07, 6.45) is 3.73. The maximum absolute atomic E-state index is 14.7. The molecule has 0 saturated carbocycles. The van der Waals surface area contributed by atoms with Crippen LogP contribution in [0.4, 0.5) is 9.93 Å². The Morgan fingerprint density at radius 3 is 2.64 bits per heavy atom. The van der Waals surface area contributed by atoms with Crippen LogP contribution in [0.15, 0.2) is 30.3 Å². The molecule has 2 fully saturated rings. The number of thiazole rings is 1. The lowest BCUT2D eigenvalue weighted by molar-refractivity contribution is -0.142. The van der Waals surface area contributed by atoms with Gasteiger partial charge in [0.1, 0.15) is 0 Å². The summed E-state index contributed by atoms with van der Waals surface area (Å²) < 4.78 is 5.14. The first-order chi connectivity index (χ1) is 18.8. The fourth-order valence-corrected chi connectivity index (χ4v) is 8.43. The molecule has 0 bridgehead atoms. The van der Waals surface area contributed by atoms with E-state index in [0.717, 1.165) is 47.9 Å². The quantitative estimate of drug-likeness (QED) is 0.569. The van der Waals surface area contributed by atoms with Gasteiger partial charge in [0.05, 0.1) is 25.3 Å². The molecule has 2 amide bonds. The number of carbonyl (C=O) groups is 2. The second-order valence-electron chi connectivity index (χ2n) is 11.6. The van der Waals surface area contributed by atoms with Gasteiger partial charge in [0.2, 0.25) is 5.91 Å². The summed E-state index contributed by atoms with van der Waals surface area (Å²) in [6, 6.07) is 11.0. The SMILES string of the molecule is CCC(CC)[C@@H]1C[C@H](c2ccccc2)CCN1C(=O)[C@@H]1CNC[C@]12CN(C(=O)OC)Cc1nc(N(C)C)sc12. The molecule has 1 aromatic carbocycles. The van der Waals surface area contributed by atoms with Gasteiger partial charge in [-0.3, -0.25) is 4.79 Å². The average molecular weight is 554 g/mol. The Hall–Kier alpha value is -2.65. The molecule has 39 heavy (non-hydrogen) atoms. The van der Waals surface area contributed by atoms with Gasteiger partial charge in [-0.2, -0.15) is 0 Å². The third-order valence-electron chi connectivity index (χ3n) is 9.31. The maximum atomic E-state index is 14.7. The van der Waals surface area contributed by atoms with Crippen LogP contribution in [0.1, 0.15) is 61.6 Å². The molecule has 1 aromatic heterocycles. The number of anilines is 1. The van der Waals surface area contributed by atoms with Gasteiger partial charge < -0.3 is 24.8 Å². The van der Waals surface area contributed by atoms with E-state index >= 15 is 0 Å². The average Bonchev–Trinajstić information content (AvgIpc) is 3.59. The lowest BCUT2D eigenvalue weighted by Gasteiger charge is -2.47. The largest absolute Gasteiger partial charge is 0.453 e. The molecule has 0 aliphatic carbocycles. The zero-order valence-corrected chi connectivity index (χ0v) is 24.8. The summed E-state index contributed by atoms with van der Waals surface area (Å²) in [5, 5.41) is 4.46. The van der Waals surface area contributed by atoms with Crippen LogP contribution in [-0.4, -0.2) is 80.2 Å². The number of hydrogen-bond donors (Lipinski definition) is 1. The Balaban J connectivity index is 1.49. The van der Waals surface area contributed by atoms with Crippen molar-refractivity contribution in [2.45, 2.75) is 63.5 Å². The summed E-state index contributed by atoms with van der Waals surface area (Å²) in [5.41, 5.74) is 1.76. The molecule has 5 rings (SSSR count). The Kier molecular flexibility index (Phi) is 8.19. The van der Waals surface area contributed by atoms with Crippen molar-refractivity contribution in [2.24, 2.45) is 11.8 Å². The second kappa shape index (κ2) is 11.5. The third-order valence-corrected chi connectivity index (χ3v) is 10.8. The van der Waals surface area contributed by atoms with E-state index in [2.05, 4.69) is 54.4 Å². The highest BCUT2D eigenvalue weighted by molar-refractivity contribution is 7.16. The van der Waals surface area contributed by atoms with Crippen molar-refractivity contribution in [1.29, 1.82) is 0 Å². The van der Waals surface area contributed by atoms with Crippen LogP contribution in [0.3, 0.4) is 0 Å². The van der Waals surface area contributed by atoms with Gasteiger partial charge in [-0.05, 0) is 30.2 Å². The lowest BCUT2D eigenvalue weighted by atomic mass is 9.72. The van der Waals surface area contributed by atoms with E-state index in [1.54, 1.807) is 16.2 Å². The van der Waals surface area contributed by atoms with E-state index in [1.165, 1.54) is 12.7 Å². The summed E-state index contributed by atoms with van der Waals surface area (Å²) in [5.74, 6) is 0.893. The number of hydrogen-bond acceptors (Lipinski definition) is 7. The molecule has 0 unspecified atom stereocenters. The molecule has 2 aromatic rings. The molecule has 1 spiro atoms. The number of methoxy groups -OCH3 is 1. The number of benzene rings is 1. The molecule has 9 heteroatoms. The van der Waals surface area contributed by atoms with Crippen LogP contribution < -0.4 is 10.2 Å². The van der Waals surface area contributed by atoms with Crippen molar-refractivity contribution in [3.8, 4) is 0 Å². The van der Waals surface area contributed by atoms with Gasteiger partial charge in [-0.15, -0.1) is 11.3 Å². The number of aromatic nitrogens is 1. The minimum Gasteiger partial charge on any atom is -0.453 e. The van der Waals surface area contributed by atoms with E-state index in [9.17, 15) is 9.59 Å². The molecule has 0 radical (unpaired) electrons. The summed E-state index contributed by atoms with van der Waals surface area (Å²) in [4.78, 5) is 39.5. The molecule has 2 saturated heterocycles. The summed E-state index contributed by atoms with van der Waals surface area (Å²) in [7, 11) is 5.40. The van der Waals surface area contributed by atoms with Crippen LogP contribution in [0.5, 0.6) is 0 Å². The van der Waals surface area contributed by atoms with Crippen LogP contribution in [0.2, 0.25) is 0 Å². The number of amides is 2. The minimum absolute atomic E-state index is 0.211. The molecule has 3 aliphatic heterocycles. The number of carbonyl (C=O) groups excluding carboxylic acids is 2. The minimum atomic E-state index is -0.514. The highest BCUT2D eigenvalue weighted by Crippen LogP contribution is 2.48. The van der Waals surface area contributed by atoms with Gasteiger partial charge in [0.15, 0.2) is 5.13 Å². The highest BCUT2D eigenvalue weighted by atomic mass is 32.1. The van der Waals surface area contributed by atoms with Crippen molar-refractivity contribution in [2.75, 3.05) is 52.3 Å². The number of likely N-dealkylation sites (tertiary alicyclic amines) is 1. The molecule has 4 atom stereocenters. The zero-order valence-electron chi connectivity index (χ0n) is 24.0. The van der Waals surface area contributed by atoms with E-state index in [4.69, 9.17) is 9.72 Å². The molecule has 8 nitrogen and oxygen atoms in total. The van der Waals surface area contributed by atoms with Crippen molar-refractivity contribution >= 4 is 28.5 Å². The van der Waals surface area contributed by atoms with E-state index in [0.29, 0.717) is 38.0 Å². The first-order valence-corrected chi connectivity index (χ1v) is 15.2. The van der Waals surface area contributed by atoms with Crippen molar-refractivity contribution in [3.05, 3.63) is 46.5 Å². The van der Waals surface area contributed by atoms with Gasteiger partial charge in [-0.1, -0.05) is 57.0 Å². The van der Waals surface area contributed by atoms with Gasteiger partial charge >= 0.3 is 6.09 Å². The number of nitrogens with zero attached hydrogens (tertiary/aromatic N) is 4. The van der Waals surface area contributed by atoms with Gasteiger partial charge in [-0.25, -0.2) is 9.78 Å². The highest BCUT2D eigenvalue weighted by Gasteiger charge is 2.56. The maximum Gasteiger partial charge on any atom is 0.409 e. The number of piperidine rings is 1. The van der Waals surface area contributed by atoms with E-state index in [1.807, 2.05) is 19.0 Å². The normalized spacial score (nSPS) is 26.7. The molecular formula is C30H43N5O3S. The van der Waals surface area contributed by atoms with Gasteiger partial charge in [0.25, 0.3) is 0 Å². The topological polar surface area (TPSA) is 78.0 Å². The molecule has 4 heterocycles. The van der Waals surface area contributed by atoms with Crippen LogP contribution >= 0.6 is 11.3 Å². The Labute approximate surface area is 236 Å². The van der Waals surface area contributed by atoms with Crippen LogP contribution in [0, 0.1) is 11.8 Å². The predicted molar refractivity (Wildman–Crippen MR) is 155 cm³/mol. The van der Waals surface area contributed by atoms with Crippen molar-refractivity contribution in [3.63, 3.8) is 0 Å². The van der Waals surface area contributed by atoms with E-state index in [-0.39, 0.29) is 24.0 Å². The fraction of sp³-hybridized carbons (Fsp3) is 0.633. The Morgan fingerprint density at radius 2 is 1.97 bits per heavy atom. The molecular weight excluding hydrogens is 510 g/mol. The smallest absolute Gasteiger partial charge is 0.409 e. The molecule has 3 aliphatic rings. The zero-order chi connectivity index (χ0) is 27.7. The van der Waals surface area contributed by atoms with Crippen LogP contribution in [-0.2, 0) is 21.5 Å². The number of fused-ring (bicyclic) bond motifs is 2. The second-order valence-corrected chi connectivity index (χ2v) is 12.6. The van der Waals surface area contributed by atoms with Crippen molar-refractivity contribution in [1.82, 2.24) is 20.1 Å². The summed E-state index contributed by atoms with van der Waals surface area (Å²) >= 11 is 1.67. The summed E-state index contributed by atoms with van der Waals surface area (Å²) in [6.45, 7) is 7.40.